The number of nitrogens with zero attached hydrogens (tertiary/aromatic N) is 2. The predicted molar refractivity (Wildman–Crippen MR) is 94.1 cm³/mol. The average Bonchev–Trinajstić information content (AvgIpc) is 2.47. The number of nitrogens with one attached hydrogen (secondary N) is 3. The molecule has 0 atom stereocenters. The second kappa shape index (κ2) is 12.3. The third kappa shape index (κ3) is 9.19. The summed E-state index contributed by atoms with van der Waals surface area (Å²) in [7, 11) is 1.65. The standard InChI is InChI=1S/C13H21N5O2.HI/c1-3-20-8-7-16-13(14-2)17-10-12(19)18-11-5-4-6-15-9-11;/h4-6,9H,3,7-8,10H2,1-2H3,(H,18,19)(H2,14,16,17);1H. The van der Waals surface area contributed by atoms with Crippen LogP contribution in [0.1, 0.15) is 6.92 Å². The zero-order valence-electron chi connectivity index (χ0n) is 12.3. The molecule has 7 nitrogen and oxygen atoms in total. The van der Waals surface area contributed by atoms with E-state index in [1.54, 1.807) is 31.6 Å². The second-order valence-corrected chi connectivity index (χ2v) is 3.84. The minimum absolute atomic E-state index is 0. The van der Waals surface area contributed by atoms with Gasteiger partial charge in [-0.15, -0.1) is 24.0 Å². The van der Waals surface area contributed by atoms with E-state index < -0.39 is 0 Å². The summed E-state index contributed by atoms with van der Waals surface area (Å²) in [4.78, 5) is 19.6. The van der Waals surface area contributed by atoms with Crippen molar-refractivity contribution < 1.29 is 9.53 Å². The smallest absolute Gasteiger partial charge is 0.243 e. The molecule has 21 heavy (non-hydrogen) atoms. The summed E-state index contributed by atoms with van der Waals surface area (Å²) in [6.45, 7) is 3.98. The minimum atomic E-state index is -0.161. The van der Waals surface area contributed by atoms with Gasteiger partial charge in [-0.25, -0.2) is 0 Å². The molecular formula is C13H22IN5O2. The first-order valence-corrected chi connectivity index (χ1v) is 6.48. The van der Waals surface area contributed by atoms with Gasteiger partial charge in [0.05, 0.1) is 25.0 Å². The molecule has 8 heteroatoms. The summed E-state index contributed by atoms with van der Waals surface area (Å²) in [6, 6.07) is 3.54. The first-order valence-electron chi connectivity index (χ1n) is 6.48. The number of halogens is 1. The zero-order valence-corrected chi connectivity index (χ0v) is 14.6. The highest BCUT2D eigenvalue weighted by Crippen LogP contribution is 2.01. The monoisotopic (exact) mass is 407 g/mol. The number of amides is 1. The van der Waals surface area contributed by atoms with Gasteiger partial charge in [-0.05, 0) is 19.1 Å². The van der Waals surface area contributed by atoms with E-state index in [2.05, 4.69) is 25.9 Å². The van der Waals surface area contributed by atoms with Crippen LogP contribution in [0.3, 0.4) is 0 Å². The van der Waals surface area contributed by atoms with E-state index in [0.29, 0.717) is 31.4 Å². The first kappa shape index (κ1) is 19.6. The maximum absolute atomic E-state index is 11.7. The Kier molecular flexibility index (Phi) is 11.5. The highest BCUT2D eigenvalue weighted by atomic mass is 127. The summed E-state index contributed by atoms with van der Waals surface area (Å²) >= 11 is 0. The highest BCUT2D eigenvalue weighted by Gasteiger charge is 2.03. The number of rotatable bonds is 7. The third-order valence-electron chi connectivity index (χ3n) is 2.33. The van der Waals surface area contributed by atoms with E-state index in [9.17, 15) is 4.79 Å². The fourth-order valence-corrected chi connectivity index (χ4v) is 1.41. The maximum atomic E-state index is 11.7. The Morgan fingerprint density at radius 1 is 1.43 bits per heavy atom. The number of aliphatic imine (C=N–C) groups is 1. The quantitative estimate of drug-likeness (QED) is 0.270. The molecule has 0 aromatic carbocycles. The summed E-state index contributed by atoms with van der Waals surface area (Å²) in [5.41, 5.74) is 0.665. The van der Waals surface area contributed by atoms with Crippen LogP contribution in [0, 0.1) is 0 Å². The molecule has 1 heterocycles. The maximum Gasteiger partial charge on any atom is 0.243 e. The van der Waals surface area contributed by atoms with Gasteiger partial charge in [-0.3, -0.25) is 14.8 Å². The van der Waals surface area contributed by atoms with Crippen LogP contribution in [-0.2, 0) is 9.53 Å². The molecule has 1 rings (SSSR count). The molecule has 1 aromatic heterocycles. The molecule has 0 aliphatic heterocycles. The largest absolute Gasteiger partial charge is 0.380 e. The molecule has 0 unspecified atom stereocenters. The molecule has 1 aromatic rings. The predicted octanol–water partition coefficient (Wildman–Crippen LogP) is 0.840. The van der Waals surface area contributed by atoms with E-state index in [1.165, 1.54) is 0 Å². The van der Waals surface area contributed by atoms with Crippen LogP contribution >= 0.6 is 24.0 Å². The van der Waals surface area contributed by atoms with Gasteiger partial charge in [-0.1, -0.05) is 0 Å². The van der Waals surface area contributed by atoms with Gasteiger partial charge in [0.25, 0.3) is 0 Å². The van der Waals surface area contributed by atoms with Crippen LogP contribution in [0.4, 0.5) is 5.69 Å². The van der Waals surface area contributed by atoms with Crippen LogP contribution in [0.2, 0.25) is 0 Å². The van der Waals surface area contributed by atoms with Crippen molar-refractivity contribution in [1.29, 1.82) is 0 Å². The van der Waals surface area contributed by atoms with Gasteiger partial charge in [0.2, 0.25) is 5.91 Å². The lowest BCUT2D eigenvalue weighted by Crippen LogP contribution is -2.42. The van der Waals surface area contributed by atoms with Crippen LogP contribution < -0.4 is 16.0 Å². The van der Waals surface area contributed by atoms with Crippen LogP contribution in [0.25, 0.3) is 0 Å². The third-order valence-corrected chi connectivity index (χ3v) is 2.33. The molecule has 0 bridgehead atoms. The molecule has 0 radical (unpaired) electrons. The number of hydrogen-bond donors (Lipinski definition) is 3. The number of ether oxygens (including phenoxy) is 1. The van der Waals surface area contributed by atoms with Crippen molar-refractivity contribution >= 4 is 41.5 Å². The van der Waals surface area contributed by atoms with Gasteiger partial charge in [-0.2, -0.15) is 0 Å². The number of carbonyl (C=O) groups excluding carboxylic acids is 1. The lowest BCUT2D eigenvalue weighted by molar-refractivity contribution is -0.115. The lowest BCUT2D eigenvalue weighted by atomic mass is 10.4. The molecule has 1 amide bonds. The fraction of sp³-hybridized carbons (Fsp3) is 0.462. The Hall–Kier alpha value is -1.42. The Bertz CT molecular complexity index is 428. The Morgan fingerprint density at radius 2 is 2.24 bits per heavy atom. The van der Waals surface area contributed by atoms with Gasteiger partial charge in [0, 0.05) is 26.4 Å². The Balaban J connectivity index is 0.00000400. The van der Waals surface area contributed by atoms with Crippen molar-refractivity contribution in [3.8, 4) is 0 Å². The van der Waals surface area contributed by atoms with E-state index >= 15 is 0 Å². The normalized spacial score (nSPS) is 10.5. The van der Waals surface area contributed by atoms with Crippen LogP contribution in [0.5, 0.6) is 0 Å². The summed E-state index contributed by atoms with van der Waals surface area (Å²) in [6.07, 6.45) is 3.24. The van der Waals surface area contributed by atoms with E-state index in [1.807, 2.05) is 6.92 Å². The minimum Gasteiger partial charge on any atom is -0.380 e. The number of pyridine rings is 1. The zero-order chi connectivity index (χ0) is 14.6. The van der Waals surface area contributed by atoms with Crippen LogP contribution in [0.15, 0.2) is 29.5 Å². The molecule has 3 N–H and O–H groups in total. The summed E-state index contributed by atoms with van der Waals surface area (Å²) < 4.78 is 5.20. The van der Waals surface area contributed by atoms with Gasteiger partial charge in [0.15, 0.2) is 5.96 Å². The number of guanidine groups is 1. The topological polar surface area (TPSA) is 87.6 Å². The van der Waals surface area contributed by atoms with Crippen molar-refractivity contribution in [1.82, 2.24) is 15.6 Å². The van der Waals surface area contributed by atoms with Gasteiger partial charge < -0.3 is 20.7 Å². The second-order valence-electron chi connectivity index (χ2n) is 3.84. The Morgan fingerprint density at radius 3 is 2.86 bits per heavy atom. The number of hydrogen-bond acceptors (Lipinski definition) is 4. The van der Waals surface area contributed by atoms with Crippen molar-refractivity contribution in [2.75, 3.05) is 38.7 Å². The lowest BCUT2D eigenvalue weighted by Gasteiger charge is -2.11. The van der Waals surface area contributed by atoms with Crippen LogP contribution in [-0.4, -0.2) is 50.2 Å². The van der Waals surface area contributed by atoms with E-state index in [4.69, 9.17) is 4.74 Å². The molecule has 0 aliphatic carbocycles. The number of carbonyl (C=O) groups is 1. The fourth-order valence-electron chi connectivity index (χ4n) is 1.41. The molecule has 0 saturated heterocycles. The average molecular weight is 407 g/mol. The van der Waals surface area contributed by atoms with E-state index in [-0.39, 0.29) is 36.4 Å². The SMILES string of the molecule is CCOCCNC(=NC)NCC(=O)Nc1cccnc1.I. The van der Waals surface area contributed by atoms with Gasteiger partial charge >= 0.3 is 0 Å². The Labute approximate surface area is 142 Å². The molecule has 0 aliphatic rings. The molecular weight excluding hydrogens is 385 g/mol. The molecule has 0 fully saturated rings. The molecule has 0 saturated carbocycles. The highest BCUT2D eigenvalue weighted by molar-refractivity contribution is 14.0. The molecule has 118 valence electrons. The van der Waals surface area contributed by atoms with Gasteiger partial charge in [0.1, 0.15) is 0 Å². The molecule has 0 spiro atoms. The number of anilines is 1. The number of aromatic nitrogens is 1. The van der Waals surface area contributed by atoms with Crippen molar-refractivity contribution in [2.45, 2.75) is 6.92 Å². The van der Waals surface area contributed by atoms with Crippen molar-refractivity contribution in [3.05, 3.63) is 24.5 Å². The van der Waals surface area contributed by atoms with Crippen molar-refractivity contribution in [2.24, 2.45) is 4.99 Å². The summed E-state index contributed by atoms with van der Waals surface area (Å²) in [5.74, 6) is 0.400. The van der Waals surface area contributed by atoms with E-state index in [0.717, 1.165) is 0 Å². The summed E-state index contributed by atoms with van der Waals surface area (Å²) in [5, 5.41) is 8.69. The first-order chi connectivity index (χ1) is 9.76. The van der Waals surface area contributed by atoms with Crippen molar-refractivity contribution in [3.63, 3.8) is 0 Å².